The van der Waals surface area contributed by atoms with Gasteiger partial charge in [0.15, 0.2) is 0 Å². The molecule has 0 radical (unpaired) electrons. The van der Waals surface area contributed by atoms with Gasteiger partial charge in [0.25, 0.3) is 11.8 Å². The molecular formula is C24H27N3O4S. The zero-order chi connectivity index (χ0) is 22.2. The van der Waals surface area contributed by atoms with Gasteiger partial charge in [-0.1, -0.05) is 12.1 Å². The Kier molecular flexibility index (Phi) is 5.73. The van der Waals surface area contributed by atoms with Crippen molar-refractivity contribution in [3.8, 4) is 0 Å². The molecule has 1 aromatic carbocycles. The van der Waals surface area contributed by atoms with Crippen LogP contribution in [0, 0.1) is 5.92 Å². The molecule has 0 N–H and O–H groups in total. The summed E-state index contributed by atoms with van der Waals surface area (Å²) in [6.07, 6.45) is 1.72. The Balaban J connectivity index is 1.40. The first-order chi connectivity index (χ1) is 15.6. The molecule has 8 heteroatoms. The van der Waals surface area contributed by atoms with Crippen LogP contribution in [0.3, 0.4) is 0 Å². The van der Waals surface area contributed by atoms with Gasteiger partial charge in [-0.15, -0.1) is 11.3 Å². The minimum absolute atomic E-state index is 0.106. The summed E-state index contributed by atoms with van der Waals surface area (Å²) in [5.41, 5.74) is 1.69. The van der Waals surface area contributed by atoms with Crippen molar-refractivity contribution < 1.29 is 19.1 Å². The molecular weight excluding hydrogens is 426 g/mol. The van der Waals surface area contributed by atoms with Gasteiger partial charge in [-0.25, -0.2) is 0 Å². The van der Waals surface area contributed by atoms with Gasteiger partial charge < -0.3 is 14.5 Å². The second-order valence-electron chi connectivity index (χ2n) is 8.59. The number of hydrogen-bond acceptors (Lipinski definition) is 6. The highest BCUT2D eigenvalue weighted by Gasteiger charge is 2.42. The Morgan fingerprint density at radius 2 is 1.91 bits per heavy atom. The smallest absolute Gasteiger partial charge is 0.264 e. The molecule has 3 amide bonds. The van der Waals surface area contributed by atoms with Gasteiger partial charge in [-0.2, -0.15) is 0 Å². The first-order valence-corrected chi connectivity index (χ1v) is 12.1. The molecule has 2 aromatic rings. The Bertz CT molecular complexity index is 1030. The van der Waals surface area contributed by atoms with Crippen LogP contribution in [0.1, 0.15) is 51.4 Å². The molecule has 0 saturated carbocycles. The lowest BCUT2D eigenvalue weighted by Crippen LogP contribution is -2.48. The highest BCUT2D eigenvalue weighted by Crippen LogP contribution is 2.38. The summed E-state index contributed by atoms with van der Waals surface area (Å²) in [5.74, 6) is -0.430. The van der Waals surface area contributed by atoms with Crippen LogP contribution >= 0.6 is 11.3 Å². The lowest BCUT2D eigenvalue weighted by molar-refractivity contribution is -0.139. The van der Waals surface area contributed by atoms with E-state index < -0.39 is 0 Å². The molecule has 4 heterocycles. The minimum atomic E-state index is -0.313. The zero-order valence-corrected chi connectivity index (χ0v) is 19.0. The van der Waals surface area contributed by atoms with Crippen molar-refractivity contribution in [1.82, 2.24) is 9.80 Å². The number of hydrogen-bond donors (Lipinski definition) is 0. The molecule has 5 rings (SSSR count). The molecule has 32 heavy (non-hydrogen) atoms. The maximum absolute atomic E-state index is 13.5. The number of imide groups is 1. The topological polar surface area (TPSA) is 70.2 Å². The van der Waals surface area contributed by atoms with Crippen LogP contribution in [0.15, 0.2) is 35.7 Å². The van der Waals surface area contributed by atoms with E-state index in [-0.39, 0.29) is 29.7 Å². The molecule has 0 aliphatic carbocycles. The Morgan fingerprint density at radius 3 is 2.66 bits per heavy atom. The molecule has 1 aromatic heterocycles. The number of nitrogens with zero attached hydrogens (tertiary/aromatic N) is 3. The van der Waals surface area contributed by atoms with E-state index in [4.69, 9.17) is 4.74 Å². The lowest BCUT2D eigenvalue weighted by atomic mass is 9.94. The van der Waals surface area contributed by atoms with Crippen molar-refractivity contribution >= 4 is 34.7 Å². The number of carbonyl (C=O) groups excluding carboxylic acids is 3. The minimum Gasteiger partial charge on any atom is -0.378 e. The molecule has 3 aliphatic heterocycles. The summed E-state index contributed by atoms with van der Waals surface area (Å²) >= 11 is 1.54. The highest BCUT2D eigenvalue weighted by molar-refractivity contribution is 7.10. The fraction of sp³-hybridized carbons (Fsp3) is 0.458. The molecule has 3 aliphatic rings. The van der Waals surface area contributed by atoms with Crippen LogP contribution < -0.4 is 4.90 Å². The van der Waals surface area contributed by atoms with Crippen molar-refractivity contribution in [3.63, 3.8) is 0 Å². The van der Waals surface area contributed by atoms with E-state index in [1.165, 1.54) is 4.90 Å². The second-order valence-corrected chi connectivity index (χ2v) is 9.57. The number of carbonyl (C=O) groups is 3. The molecule has 168 valence electrons. The molecule has 7 nitrogen and oxygen atoms in total. The maximum atomic E-state index is 13.5. The standard InChI is InChI=1S/C24H27N3O4S/c1-16(20-8-4-14-32-20)27-23(29)18-6-2-7-19(21(18)24(27)30)26-9-3-5-17(15-26)22(28)25-10-12-31-13-11-25/h2,4,6-8,14,16-17H,3,5,9-13,15H2,1H3/t16-,17+/m0/s1. The van der Waals surface area contributed by atoms with Crippen LogP contribution in [0.2, 0.25) is 0 Å². The lowest BCUT2D eigenvalue weighted by Gasteiger charge is -2.37. The monoisotopic (exact) mass is 453 g/mol. The third-order valence-electron chi connectivity index (χ3n) is 6.70. The fourth-order valence-electron chi connectivity index (χ4n) is 5.00. The van der Waals surface area contributed by atoms with Crippen molar-refractivity contribution in [3.05, 3.63) is 51.7 Å². The quantitative estimate of drug-likeness (QED) is 0.665. The Morgan fingerprint density at radius 1 is 1.09 bits per heavy atom. The number of piperidine rings is 1. The molecule has 2 fully saturated rings. The molecule has 2 saturated heterocycles. The van der Waals surface area contributed by atoms with Crippen molar-refractivity contribution in [2.24, 2.45) is 5.92 Å². The van der Waals surface area contributed by atoms with E-state index in [9.17, 15) is 14.4 Å². The van der Waals surface area contributed by atoms with E-state index in [2.05, 4.69) is 4.90 Å². The summed E-state index contributed by atoms with van der Waals surface area (Å²) in [4.78, 5) is 46.1. The number of thiophene rings is 1. The predicted octanol–water partition coefficient (Wildman–Crippen LogP) is 3.18. The summed E-state index contributed by atoms with van der Waals surface area (Å²) in [6, 6.07) is 9.05. The summed E-state index contributed by atoms with van der Waals surface area (Å²) in [5, 5.41) is 1.95. The van der Waals surface area contributed by atoms with Gasteiger partial charge in [0, 0.05) is 31.1 Å². The van der Waals surface area contributed by atoms with Crippen LogP contribution in [0.25, 0.3) is 0 Å². The average Bonchev–Trinajstić information content (AvgIpc) is 3.46. The third kappa shape index (κ3) is 3.61. The number of fused-ring (bicyclic) bond motifs is 1. The van der Waals surface area contributed by atoms with Gasteiger partial charge in [-0.3, -0.25) is 19.3 Å². The largest absolute Gasteiger partial charge is 0.378 e. The third-order valence-corrected chi connectivity index (χ3v) is 7.74. The number of benzene rings is 1. The summed E-state index contributed by atoms with van der Waals surface area (Å²) in [7, 11) is 0. The van der Waals surface area contributed by atoms with Crippen LogP contribution in [-0.4, -0.2) is 66.9 Å². The van der Waals surface area contributed by atoms with Gasteiger partial charge in [0.2, 0.25) is 5.91 Å². The first-order valence-electron chi connectivity index (χ1n) is 11.2. The SMILES string of the molecule is C[C@@H](c1cccs1)N1C(=O)c2cccc(N3CCC[C@@H](C(=O)N4CCOCC4)C3)c2C1=O. The van der Waals surface area contributed by atoms with E-state index in [0.29, 0.717) is 44.0 Å². The van der Waals surface area contributed by atoms with E-state index in [0.717, 1.165) is 30.0 Å². The normalized spacial score (nSPS) is 22.3. The van der Waals surface area contributed by atoms with E-state index >= 15 is 0 Å². The first kappa shape index (κ1) is 21.2. The van der Waals surface area contributed by atoms with Gasteiger partial charge in [0.05, 0.1) is 42.0 Å². The van der Waals surface area contributed by atoms with E-state index in [1.807, 2.05) is 41.5 Å². The molecule has 0 bridgehead atoms. The van der Waals surface area contributed by atoms with Gasteiger partial charge >= 0.3 is 0 Å². The number of ether oxygens (including phenoxy) is 1. The maximum Gasteiger partial charge on any atom is 0.264 e. The molecule has 0 spiro atoms. The van der Waals surface area contributed by atoms with Crippen LogP contribution in [0.4, 0.5) is 5.69 Å². The predicted molar refractivity (Wildman–Crippen MR) is 122 cm³/mol. The summed E-state index contributed by atoms with van der Waals surface area (Å²) < 4.78 is 5.38. The van der Waals surface area contributed by atoms with Crippen molar-refractivity contribution in [1.29, 1.82) is 0 Å². The number of anilines is 1. The summed E-state index contributed by atoms with van der Waals surface area (Å²) in [6.45, 7) is 5.68. The molecule has 0 unspecified atom stereocenters. The Labute approximate surface area is 191 Å². The van der Waals surface area contributed by atoms with Gasteiger partial charge in [0.1, 0.15) is 0 Å². The van der Waals surface area contributed by atoms with Gasteiger partial charge in [-0.05, 0) is 43.3 Å². The number of rotatable bonds is 4. The highest BCUT2D eigenvalue weighted by atomic mass is 32.1. The van der Waals surface area contributed by atoms with Crippen molar-refractivity contribution in [2.75, 3.05) is 44.3 Å². The average molecular weight is 454 g/mol. The zero-order valence-electron chi connectivity index (χ0n) is 18.2. The van der Waals surface area contributed by atoms with E-state index in [1.54, 1.807) is 17.4 Å². The molecule has 2 atom stereocenters. The van der Waals surface area contributed by atoms with Crippen LogP contribution in [0.5, 0.6) is 0 Å². The fourth-order valence-corrected chi connectivity index (χ4v) is 5.77. The number of morpholine rings is 1. The number of amides is 3. The Hall–Kier alpha value is -2.71. The second kappa shape index (κ2) is 8.67. The van der Waals surface area contributed by atoms with Crippen molar-refractivity contribution in [2.45, 2.75) is 25.8 Å². The van der Waals surface area contributed by atoms with Crippen LogP contribution in [-0.2, 0) is 9.53 Å².